The van der Waals surface area contributed by atoms with Gasteiger partial charge in [-0.1, -0.05) is 152 Å². The monoisotopic (exact) mass is 549 g/mol. The van der Waals surface area contributed by atoms with Crippen molar-refractivity contribution in [2.45, 2.75) is 0 Å². The van der Waals surface area contributed by atoms with E-state index < -0.39 is 0 Å². The van der Waals surface area contributed by atoms with E-state index in [2.05, 4.69) is 193 Å². The minimum Gasteiger partial charge on any atom is -0.310 e. The summed E-state index contributed by atoms with van der Waals surface area (Å²) in [6, 6.07) is 67.0. The van der Waals surface area contributed by atoms with Crippen molar-refractivity contribution in [3.05, 3.63) is 188 Å². The van der Waals surface area contributed by atoms with Crippen LogP contribution in [0.4, 0.5) is 17.1 Å². The van der Waals surface area contributed by atoms with Gasteiger partial charge in [0, 0.05) is 17.1 Å². The van der Waals surface area contributed by atoms with Gasteiger partial charge in [-0.05, 0) is 80.9 Å². The van der Waals surface area contributed by atoms with Crippen LogP contribution in [0.1, 0.15) is 0 Å². The van der Waals surface area contributed by atoms with E-state index in [1.54, 1.807) is 0 Å². The van der Waals surface area contributed by atoms with Crippen LogP contribution in [0.2, 0.25) is 0 Å². The third-order valence-electron chi connectivity index (χ3n) is 7.90. The molecule has 0 bridgehead atoms. The molecule has 1 nitrogen and oxygen atoms in total. The summed E-state index contributed by atoms with van der Waals surface area (Å²) >= 11 is 0. The van der Waals surface area contributed by atoms with Crippen LogP contribution in [0.15, 0.2) is 188 Å². The maximum Gasteiger partial charge on any atom is 0.0468 e. The summed E-state index contributed by atoms with van der Waals surface area (Å²) in [5.74, 6) is 0. The van der Waals surface area contributed by atoms with E-state index >= 15 is 0 Å². The van der Waals surface area contributed by atoms with Gasteiger partial charge >= 0.3 is 0 Å². The summed E-state index contributed by atoms with van der Waals surface area (Å²) in [6.07, 6.45) is 0. The SMILES string of the molecule is c1ccc(-c2ccc(-c3ccc(N(c4ccccc4)c4ccc(-c5ccccc5)cc4)cc3-c3ccccc3)cc2)cc1. The zero-order chi connectivity index (χ0) is 28.8. The molecule has 0 fully saturated rings. The minimum atomic E-state index is 1.11. The highest BCUT2D eigenvalue weighted by Crippen LogP contribution is 2.41. The molecule has 0 N–H and O–H groups in total. The molecule has 7 aromatic carbocycles. The predicted molar refractivity (Wildman–Crippen MR) is 183 cm³/mol. The second-order valence-corrected chi connectivity index (χ2v) is 10.6. The van der Waals surface area contributed by atoms with Crippen molar-refractivity contribution in [3.8, 4) is 44.5 Å². The first-order valence-corrected chi connectivity index (χ1v) is 14.7. The lowest BCUT2D eigenvalue weighted by Crippen LogP contribution is -2.10. The molecule has 7 aromatic rings. The molecule has 0 heterocycles. The molecule has 0 aliphatic carbocycles. The van der Waals surface area contributed by atoms with Gasteiger partial charge in [0.25, 0.3) is 0 Å². The topological polar surface area (TPSA) is 3.24 Å². The first-order valence-electron chi connectivity index (χ1n) is 14.7. The Hall–Kier alpha value is -5.66. The summed E-state index contributed by atoms with van der Waals surface area (Å²) in [5.41, 5.74) is 13.0. The molecule has 0 amide bonds. The van der Waals surface area contributed by atoms with Crippen LogP contribution in [-0.2, 0) is 0 Å². The second-order valence-electron chi connectivity index (χ2n) is 10.6. The smallest absolute Gasteiger partial charge is 0.0468 e. The van der Waals surface area contributed by atoms with E-state index in [4.69, 9.17) is 0 Å². The summed E-state index contributed by atoms with van der Waals surface area (Å²) in [7, 11) is 0. The molecule has 0 spiro atoms. The van der Waals surface area contributed by atoms with E-state index in [-0.39, 0.29) is 0 Å². The zero-order valence-corrected chi connectivity index (χ0v) is 23.8. The lowest BCUT2D eigenvalue weighted by Gasteiger charge is -2.27. The first kappa shape index (κ1) is 26.3. The average Bonchev–Trinajstić information content (AvgIpc) is 3.10. The Labute approximate surface area is 254 Å². The quantitative estimate of drug-likeness (QED) is 0.191. The molecule has 0 radical (unpaired) electrons. The fourth-order valence-electron chi connectivity index (χ4n) is 5.71. The third kappa shape index (κ3) is 5.62. The van der Waals surface area contributed by atoms with Crippen molar-refractivity contribution in [2.75, 3.05) is 4.90 Å². The van der Waals surface area contributed by atoms with Gasteiger partial charge in [-0.15, -0.1) is 0 Å². The van der Waals surface area contributed by atoms with Crippen LogP contribution in [-0.4, -0.2) is 0 Å². The Morgan fingerprint density at radius 3 is 1.12 bits per heavy atom. The van der Waals surface area contributed by atoms with Crippen LogP contribution in [0.5, 0.6) is 0 Å². The van der Waals surface area contributed by atoms with E-state index in [9.17, 15) is 0 Å². The Morgan fingerprint density at radius 2 is 0.581 bits per heavy atom. The molecule has 0 aliphatic heterocycles. The van der Waals surface area contributed by atoms with Crippen LogP contribution >= 0.6 is 0 Å². The first-order chi connectivity index (χ1) is 21.3. The van der Waals surface area contributed by atoms with Gasteiger partial charge in [-0.2, -0.15) is 0 Å². The van der Waals surface area contributed by atoms with Gasteiger partial charge in [-0.25, -0.2) is 0 Å². The van der Waals surface area contributed by atoms with Gasteiger partial charge in [0.15, 0.2) is 0 Å². The van der Waals surface area contributed by atoms with Gasteiger partial charge in [0.1, 0.15) is 0 Å². The maximum absolute atomic E-state index is 2.34. The lowest BCUT2D eigenvalue weighted by atomic mass is 9.92. The van der Waals surface area contributed by atoms with Crippen LogP contribution in [0, 0.1) is 0 Å². The molecule has 43 heavy (non-hydrogen) atoms. The molecule has 0 atom stereocenters. The largest absolute Gasteiger partial charge is 0.310 e. The molecule has 0 aliphatic rings. The molecular weight excluding hydrogens is 518 g/mol. The number of para-hydroxylation sites is 1. The van der Waals surface area contributed by atoms with Gasteiger partial charge in [0.05, 0.1) is 0 Å². The summed E-state index contributed by atoms with van der Waals surface area (Å²) in [6.45, 7) is 0. The number of benzene rings is 7. The zero-order valence-electron chi connectivity index (χ0n) is 23.8. The van der Waals surface area contributed by atoms with E-state index in [1.807, 2.05) is 0 Å². The molecule has 7 rings (SSSR count). The number of hydrogen-bond donors (Lipinski definition) is 0. The Morgan fingerprint density at radius 1 is 0.233 bits per heavy atom. The van der Waals surface area contributed by atoms with E-state index in [0.29, 0.717) is 0 Å². The second kappa shape index (κ2) is 12.1. The van der Waals surface area contributed by atoms with Crippen molar-refractivity contribution >= 4 is 17.1 Å². The highest BCUT2D eigenvalue weighted by atomic mass is 15.1. The number of anilines is 3. The van der Waals surface area contributed by atoms with E-state index in [0.717, 1.165) is 17.1 Å². The number of nitrogens with zero attached hydrogens (tertiary/aromatic N) is 1. The van der Waals surface area contributed by atoms with Gasteiger partial charge in [0.2, 0.25) is 0 Å². The molecule has 204 valence electrons. The fourth-order valence-corrected chi connectivity index (χ4v) is 5.71. The Bertz CT molecular complexity index is 1910. The Balaban J connectivity index is 1.33. The standard InChI is InChI=1S/C42H31N/c1-5-13-32(14-6-1)34-21-23-37(24-22-34)41-30-29-40(31-42(41)36-17-9-3-10-18-36)43(38-19-11-4-12-20-38)39-27-25-35(26-28-39)33-15-7-2-8-16-33/h1-31H. The molecule has 0 aromatic heterocycles. The molecule has 1 heteroatoms. The lowest BCUT2D eigenvalue weighted by molar-refractivity contribution is 1.28. The summed E-state index contributed by atoms with van der Waals surface area (Å²) in [5, 5.41) is 0. The fraction of sp³-hybridized carbons (Fsp3) is 0. The van der Waals surface area contributed by atoms with Crippen molar-refractivity contribution < 1.29 is 0 Å². The molecule has 0 unspecified atom stereocenters. The van der Waals surface area contributed by atoms with Crippen LogP contribution in [0.3, 0.4) is 0 Å². The third-order valence-corrected chi connectivity index (χ3v) is 7.90. The van der Waals surface area contributed by atoms with Gasteiger partial charge < -0.3 is 4.90 Å². The molecule has 0 saturated heterocycles. The van der Waals surface area contributed by atoms with Crippen LogP contribution in [0.25, 0.3) is 44.5 Å². The molecular formula is C42H31N. The summed E-state index contributed by atoms with van der Waals surface area (Å²) < 4.78 is 0. The Kier molecular flexibility index (Phi) is 7.36. The minimum absolute atomic E-state index is 1.11. The van der Waals surface area contributed by atoms with Gasteiger partial charge in [-0.3, -0.25) is 0 Å². The normalized spacial score (nSPS) is 10.8. The molecule has 0 saturated carbocycles. The predicted octanol–water partition coefficient (Wildman–Crippen LogP) is 11.8. The van der Waals surface area contributed by atoms with Crippen molar-refractivity contribution in [1.82, 2.24) is 0 Å². The highest BCUT2D eigenvalue weighted by Gasteiger charge is 2.16. The maximum atomic E-state index is 2.34. The van der Waals surface area contributed by atoms with Crippen molar-refractivity contribution in [1.29, 1.82) is 0 Å². The number of hydrogen-bond acceptors (Lipinski definition) is 1. The number of rotatable bonds is 7. The van der Waals surface area contributed by atoms with Crippen molar-refractivity contribution in [2.24, 2.45) is 0 Å². The average molecular weight is 550 g/mol. The summed E-state index contributed by atoms with van der Waals surface area (Å²) in [4.78, 5) is 2.34. The highest BCUT2D eigenvalue weighted by molar-refractivity contribution is 5.89. The van der Waals surface area contributed by atoms with Crippen LogP contribution < -0.4 is 4.90 Å². The van der Waals surface area contributed by atoms with Crippen molar-refractivity contribution in [3.63, 3.8) is 0 Å². The van der Waals surface area contributed by atoms with E-state index in [1.165, 1.54) is 44.5 Å².